The van der Waals surface area contributed by atoms with Crippen molar-refractivity contribution in [3.63, 3.8) is 0 Å². The molecule has 0 aliphatic rings. The Morgan fingerprint density at radius 3 is 2.41 bits per heavy atom. The summed E-state index contributed by atoms with van der Waals surface area (Å²) in [6.07, 6.45) is 4.41. The summed E-state index contributed by atoms with van der Waals surface area (Å²) >= 11 is 0. The van der Waals surface area contributed by atoms with Gasteiger partial charge in [-0.25, -0.2) is 0 Å². The quantitative estimate of drug-likeness (QED) is 0.753. The Morgan fingerprint density at radius 2 is 1.88 bits per heavy atom. The predicted molar refractivity (Wildman–Crippen MR) is 68.0 cm³/mol. The smallest absolute Gasteiger partial charge is 0.162 e. The zero-order valence-electron chi connectivity index (χ0n) is 10.2. The van der Waals surface area contributed by atoms with E-state index in [-0.39, 0.29) is 5.78 Å². The van der Waals surface area contributed by atoms with Crippen molar-refractivity contribution in [3.8, 4) is 11.1 Å². The first kappa shape index (κ1) is 11.6. The molecule has 3 heteroatoms. The van der Waals surface area contributed by atoms with Gasteiger partial charge in [-0.15, -0.1) is 0 Å². The van der Waals surface area contributed by atoms with Gasteiger partial charge in [0.1, 0.15) is 0 Å². The number of hydrogen-bond donors (Lipinski definition) is 0. The SMILES string of the molecule is CCC(=O)c1ccc(-c2cnn(CC)c2)cc1. The Morgan fingerprint density at radius 1 is 1.18 bits per heavy atom. The van der Waals surface area contributed by atoms with E-state index in [0.29, 0.717) is 6.42 Å². The minimum atomic E-state index is 0.181. The maximum Gasteiger partial charge on any atom is 0.162 e. The second kappa shape index (κ2) is 4.95. The molecule has 88 valence electrons. The van der Waals surface area contributed by atoms with Crippen LogP contribution in [0.25, 0.3) is 11.1 Å². The van der Waals surface area contributed by atoms with Crippen molar-refractivity contribution in [2.45, 2.75) is 26.8 Å². The van der Waals surface area contributed by atoms with E-state index in [4.69, 9.17) is 0 Å². The van der Waals surface area contributed by atoms with Gasteiger partial charge in [-0.05, 0) is 12.5 Å². The molecule has 1 aromatic carbocycles. The Hall–Kier alpha value is -1.90. The lowest BCUT2D eigenvalue weighted by Crippen LogP contribution is -1.95. The molecule has 0 atom stereocenters. The molecule has 0 amide bonds. The normalized spacial score (nSPS) is 10.5. The summed E-state index contributed by atoms with van der Waals surface area (Å²) in [5.41, 5.74) is 2.96. The summed E-state index contributed by atoms with van der Waals surface area (Å²) in [6, 6.07) is 7.70. The Balaban J connectivity index is 2.25. The van der Waals surface area contributed by atoms with Crippen LogP contribution >= 0.6 is 0 Å². The van der Waals surface area contributed by atoms with Crippen LogP contribution in [0.5, 0.6) is 0 Å². The lowest BCUT2D eigenvalue weighted by molar-refractivity contribution is 0.0988. The monoisotopic (exact) mass is 228 g/mol. The van der Waals surface area contributed by atoms with E-state index >= 15 is 0 Å². The van der Waals surface area contributed by atoms with Gasteiger partial charge in [-0.1, -0.05) is 31.2 Å². The first-order chi connectivity index (χ1) is 8.24. The van der Waals surface area contributed by atoms with Crippen molar-refractivity contribution < 1.29 is 4.79 Å². The molecule has 0 spiro atoms. The topological polar surface area (TPSA) is 34.9 Å². The van der Waals surface area contributed by atoms with Gasteiger partial charge in [0.05, 0.1) is 6.20 Å². The Kier molecular flexibility index (Phi) is 3.38. The van der Waals surface area contributed by atoms with Gasteiger partial charge in [0.2, 0.25) is 0 Å². The van der Waals surface area contributed by atoms with Crippen LogP contribution in [0.4, 0.5) is 0 Å². The number of aromatic nitrogens is 2. The van der Waals surface area contributed by atoms with Crippen LogP contribution in [-0.2, 0) is 6.54 Å². The molecule has 3 nitrogen and oxygen atoms in total. The van der Waals surface area contributed by atoms with E-state index in [2.05, 4.69) is 12.0 Å². The molecule has 1 aromatic heterocycles. The molecule has 0 saturated heterocycles. The second-order valence-electron chi connectivity index (χ2n) is 3.94. The summed E-state index contributed by atoms with van der Waals surface area (Å²) in [4.78, 5) is 11.5. The number of aryl methyl sites for hydroxylation is 1. The number of benzene rings is 1. The molecular weight excluding hydrogens is 212 g/mol. The number of hydrogen-bond acceptors (Lipinski definition) is 2. The Bertz CT molecular complexity index is 511. The van der Waals surface area contributed by atoms with Gasteiger partial charge < -0.3 is 0 Å². The first-order valence-electron chi connectivity index (χ1n) is 5.90. The van der Waals surface area contributed by atoms with Crippen molar-refractivity contribution in [1.29, 1.82) is 0 Å². The highest BCUT2D eigenvalue weighted by Crippen LogP contribution is 2.19. The van der Waals surface area contributed by atoms with Gasteiger partial charge in [0.25, 0.3) is 0 Å². The third kappa shape index (κ3) is 2.44. The highest BCUT2D eigenvalue weighted by molar-refractivity contribution is 5.96. The predicted octanol–water partition coefficient (Wildman–Crippen LogP) is 3.16. The van der Waals surface area contributed by atoms with E-state index in [9.17, 15) is 4.79 Å². The fraction of sp³-hybridized carbons (Fsp3) is 0.286. The average molecular weight is 228 g/mol. The third-order valence-electron chi connectivity index (χ3n) is 2.82. The lowest BCUT2D eigenvalue weighted by atomic mass is 10.0. The molecule has 17 heavy (non-hydrogen) atoms. The number of carbonyl (C=O) groups is 1. The van der Waals surface area contributed by atoms with Gasteiger partial charge in [-0.2, -0.15) is 5.10 Å². The molecule has 0 fully saturated rings. The lowest BCUT2D eigenvalue weighted by Gasteiger charge is -2.00. The molecule has 1 heterocycles. The number of rotatable bonds is 4. The van der Waals surface area contributed by atoms with Crippen molar-refractivity contribution in [3.05, 3.63) is 42.2 Å². The molecule has 2 rings (SSSR count). The number of carbonyl (C=O) groups excluding carboxylic acids is 1. The standard InChI is InChI=1S/C14H16N2O/c1-3-14(17)12-7-5-11(6-8-12)13-9-15-16(4-2)10-13/h5-10H,3-4H2,1-2H3. The molecule has 0 N–H and O–H groups in total. The fourth-order valence-electron chi connectivity index (χ4n) is 1.74. The van der Waals surface area contributed by atoms with Crippen molar-refractivity contribution >= 4 is 5.78 Å². The van der Waals surface area contributed by atoms with Crippen molar-refractivity contribution in [2.75, 3.05) is 0 Å². The number of Topliss-reactive ketones (excluding diaryl/α,β-unsaturated/α-hetero) is 1. The van der Waals surface area contributed by atoms with E-state index in [1.54, 1.807) is 0 Å². The Labute approximate surface area is 101 Å². The highest BCUT2D eigenvalue weighted by atomic mass is 16.1. The van der Waals surface area contributed by atoms with Gasteiger partial charge >= 0.3 is 0 Å². The number of ketones is 1. The summed E-state index contributed by atoms with van der Waals surface area (Å²) in [5, 5.41) is 4.23. The molecule has 0 saturated carbocycles. The molecule has 0 radical (unpaired) electrons. The molecular formula is C14H16N2O. The third-order valence-corrected chi connectivity index (χ3v) is 2.82. The summed E-state index contributed by atoms with van der Waals surface area (Å²) in [6.45, 7) is 4.80. The van der Waals surface area contributed by atoms with Crippen LogP contribution in [0.3, 0.4) is 0 Å². The van der Waals surface area contributed by atoms with Gasteiger partial charge in [0, 0.05) is 30.3 Å². The molecule has 0 unspecified atom stereocenters. The summed E-state index contributed by atoms with van der Waals surface area (Å²) in [7, 11) is 0. The number of nitrogens with zero attached hydrogens (tertiary/aromatic N) is 2. The minimum Gasteiger partial charge on any atom is -0.294 e. The maximum absolute atomic E-state index is 11.5. The van der Waals surface area contributed by atoms with E-state index in [1.807, 2.05) is 48.3 Å². The summed E-state index contributed by atoms with van der Waals surface area (Å²) < 4.78 is 1.89. The van der Waals surface area contributed by atoms with Crippen molar-refractivity contribution in [1.82, 2.24) is 9.78 Å². The molecule has 0 aliphatic heterocycles. The van der Waals surface area contributed by atoms with Gasteiger partial charge in [-0.3, -0.25) is 9.48 Å². The summed E-state index contributed by atoms with van der Waals surface area (Å²) in [5.74, 6) is 0.181. The average Bonchev–Trinajstić information content (AvgIpc) is 2.87. The van der Waals surface area contributed by atoms with Gasteiger partial charge in [0.15, 0.2) is 5.78 Å². The van der Waals surface area contributed by atoms with Crippen LogP contribution in [0.2, 0.25) is 0 Å². The maximum atomic E-state index is 11.5. The van der Waals surface area contributed by atoms with Crippen molar-refractivity contribution in [2.24, 2.45) is 0 Å². The molecule has 0 bridgehead atoms. The van der Waals surface area contributed by atoms with Crippen LogP contribution in [0, 0.1) is 0 Å². The van der Waals surface area contributed by atoms with Crippen LogP contribution in [0.15, 0.2) is 36.7 Å². The van der Waals surface area contributed by atoms with E-state index in [1.165, 1.54) is 0 Å². The van der Waals surface area contributed by atoms with Crippen LogP contribution in [-0.4, -0.2) is 15.6 Å². The zero-order valence-corrected chi connectivity index (χ0v) is 10.2. The molecule has 2 aromatic rings. The highest BCUT2D eigenvalue weighted by Gasteiger charge is 2.04. The minimum absolute atomic E-state index is 0.181. The largest absolute Gasteiger partial charge is 0.294 e. The van der Waals surface area contributed by atoms with Crippen LogP contribution in [0.1, 0.15) is 30.6 Å². The zero-order chi connectivity index (χ0) is 12.3. The molecule has 0 aliphatic carbocycles. The van der Waals surface area contributed by atoms with Crippen LogP contribution < -0.4 is 0 Å². The second-order valence-corrected chi connectivity index (χ2v) is 3.94. The fourth-order valence-corrected chi connectivity index (χ4v) is 1.74. The van der Waals surface area contributed by atoms with E-state index in [0.717, 1.165) is 23.2 Å². The first-order valence-corrected chi connectivity index (χ1v) is 5.90. The van der Waals surface area contributed by atoms with E-state index < -0.39 is 0 Å².